The molecule has 0 radical (unpaired) electrons. The largest absolute Gasteiger partial charge is 0.478 e. The van der Waals surface area contributed by atoms with Gasteiger partial charge in [0.25, 0.3) is 0 Å². The molecular weight excluding hydrogens is 242 g/mol. The average molecular weight is 263 g/mol. The number of carbonyl (C=O) groups excluding carboxylic acids is 1. The maximum Gasteiger partial charge on any atom is 0.347 e. The standard InChI is InChI=1S/C15H21NO3/c1-10(2)16-9-12-6-4-5-11(3)14(12)19-13-7-8-18-15(13)17/h4-6,10,13,16H,7-9H2,1-3H3. The van der Waals surface area contributed by atoms with Gasteiger partial charge in [-0.2, -0.15) is 0 Å². The molecule has 1 heterocycles. The number of cyclic esters (lactones) is 1. The number of benzene rings is 1. The second-order valence-electron chi connectivity index (χ2n) is 5.16. The van der Waals surface area contributed by atoms with Crippen molar-refractivity contribution in [2.24, 2.45) is 0 Å². The number of ether oxygens (including phenoxy) is 2. The van der Waals surface area contributed by atoms with Crippen molar-refractivity contribution in [3.8, 4) is 5.75 Å². The lowest BCUT2D eigenvalue weighted by Gasteiger charge is -2.17. The van der Waals surface area contributed by atoms with Crippen LogP contribution < -0.4 is 10.1 Å². The monoisotopic (exact) mass is 263 g/mol. The fourth-order valence-corrected chi connectivity index (χ4v) is 2.06. The number of para-hydroxylation sites is 1. The molecule has 0 aromatic heterocycles. The van der Waals surface area contributed by atoms with Crippen LogP contribution in [-0.2, 0) is 16.1 Å². The number of hydrogen-bond donors (Lipinski definition) is 1. The number of aryl methyl sites for hydroxylation is 1. The van der Waals surface area contributed by atoms with Gasteiger partial charge in [0.05, 0.1) is 6.61 Å². The SMILES string of the molecule is Cc1cccc(CNC(C)C)c1OC1CCOC1=O. The van der Waals surface area contributed by atoms with Gasteiger partial charge in [-0.25, -0.2) is 4.79 Å². The quantitative estimate of drug-likeness (QED) is 0.827. The van der Waals surface area contributed by atoms with Gasteiger partial charge in [0, 0.05) is 24.6 Å². The lowest BCUT2D eigenvalue weighted by atomic mass is 10.1. The van der Waals surface area contributed by atoms with Crippen molar-refractivity contribution >= 4 is 5.97 Å². The molecule has 0 bridgehead atoms. The first-order valence-corrected chi connectivity index (χ1v) is 6.73. The molecule has 19 heavy (non-hydrogen) atoms. The molecule has 1 aromatic carbocycles. The van der Waals surface area contributed by atoms with Crippen molar-refractivity contribution in [1.29, 1.82) is 0 Å². The van der Waals surface area contributed by atoms with Crippen LogP contribution in [0.2, 0.25) is 0 Å². The van der Waals surface area contributed by atoms with Crippen LogP contribution in [0.25, 0.3) is 0 Å². The summed E-state index contributed by atoms with van der Waals surface area (Å²) in [6.07, 6.45) is 0.170. The summed E-state index contributed by atoms with van der Waals surface area (Å²) in [4.78, 5) is 11.5. The molecule has 1 aliphatic rings. The number of nitrogens with one attached hydrogen (secondary N) is 1. The molecule has 0 saturated carbocycles. The van der Waals surface area contributed by atoms with E-state index in [0.717, 1.165) is 23.4 Å². The summed E-state index contributed by atoms with van der Waals surface area (Å²) in [6, 6.07) is 6.43. The van der Waals surface area contributed by atoms with Crippen LogP contribution in [0.3, 0.4) is 0 Å². The van der Waals surface area contributed by atoms with Crippen molar-refractivity contribution in [1.82, 2.24) is 5.32 Å². The Kier molecular flexibility index (Phi) is 4.43. The van der Waals surface area contributed by atoms with Crippen LogP contribution >= 0.6 is 0 Å². The summed E-state index contributed by atoms with van der Waals surface area (Å²) >= 11 is 0. The van der Waals surface area contributed by atoms with Crippen molar-refractivity contribution < 1.29 is 14.3 Å². The predicted molar refractivity (Wildman–Crippen MR) is 73.1 cm³/mol. The number of rotatable bonds is 5. The Morgan fingerprint density at radius 2 is 2.26 bits per heavy atom. The van der Waals surface area contributed by atoms with E-state index in [0.29, 0.717) is 19.1 Å². The maximum atomic E-state index is 11.5. The van der Waals surface area contributed by atoms with E-state index in [-0.39, 0.29) is 5.97 Å². The molecule has 1 aromatic rings. The Balaban J connectivity index is 2.15. The summed E-state index contributed by atoms with van der Waals surface area (Å²) in [5.41, 5.74) is 2.12. The fourth-order valence-electron chi connectivity index (χ4n) is 2.06. The molecule has 1 atom stereocenters. The first kappa shape index (κ1) is 13.9. The van der Waals surface area contributed by atoms with Crippen LogP contribution in [0.5, 0.6) is 5.75 Å². The molecule has 1 aliphatic heterocycles. The maximum absolute atomic E-state index is 11.5. The van der Waals surface area contributed by atoms with Gasteiger partial charge in [0.2, 0.25) is 0 Å². The molecule has 1 unspecified atom stereocenters. The molecule has 4 nitrogen and oxygen atoms in total. The minimum absolute atomic E-state index is 0.258. The molecule has 1 fully saturated rings. The smallest absolute Gasteiger partial charge is 0.347 e. The average Bonchev–Trinajstić information content (AvgIpc) is 2.76. The molecule has 0 spiro atoms. The minimum atomic E-state index is -0.459. The number of carbonyl (C=O) groups is 1. The zero-order valence-corrected chi connectivity index (χ0v) is 11.7. The van der Waals surface area contributed by atoms with E-state index in [1.807, 2.05) is 25.1 Å². The fraction of sp³-hybridized carbons (Fsp3) is 0.533. The zero-order chi connectivity index (χ0) is 13.8. The zero-order valence-electron chi connectivity index (χ0n) is 11.7. The number of esters is 1. The third kappa shape index (κ3) is 3.47. The van der Waals surface area contributed by atoms with Gasteiger partial charge in [0.15, 0.2) is 6.10 Å². The van der Waals surface area contributed by atoms with Gasteiger partial charge < -0.3 is 14.8 Å². The highest BCUT2D eigenvalue weighted by Gasteiger charge is 2.29. The summed E-state index contributed by atoms with van der Waals surface area (Å²) in [5, 5.41) is 3.37. The minimum Gasteiger partial charge on any atom is -0.478 e. The molecule has 0 aliphatic carbocycles. The van der Waals surface area contributed by atoms with Crippen LogP contribution in [0.15, 0.2) is 18.2 Å². The van der Waals surface area contributed by atoms with Crippen molar-refractivity contribution in [3.63, 3.8) is 0 Å². The second kappa shape index (κ2) is 6.06. The van der Waals surface area contributed by atoms with E-state index < -0.39 is 6.10 Å². The van der Waals surface area contributed by atoms with Crippen LogP contribution in [0.1, 0.15) is 31.4 Å². The highest BCUT2D eigenvalue weighted by Crippen LogP contribution is 2.26. The first-order valence-electron chi connectivity index (χ1n) is 6.73. The first-order chi connectivity index (χ1) is 9.08. The molecular formula is C15H21NO3. The van der Waals surface area contributed by atoms with E-state index in [2.05, 4.69) is 19.2 Å². The summed E-state index contributed by atoms with van der Waals surface area (Å²) < 4.78 is 10.8. The van der Waals surface area contributed by atoms with Gasteiger partial charge >= 0.3 is 5.97 Å². The van der Waals surface area contributed by atoms with Gasteiger partial charge in [-0.1, -0.05) is 32.0 Å². The van der Waals surface area contributed by atoms with Crippen molar-refractivity contribution in [2.45, 2.75) is 45.9 Å². The van der Waals surface area contributed by atoms with Gasteiger partial charge in [-0.05, 0) is 12.5 Å². The predicted octanol–water partition coefficient (Wildman–Crippen LogP) is 2.19. The lowest BCUT2D eigenvalue weighted by Crippen LogP contribution is -2.25. The van der Waals surface area contributed by atoms with Crippen LogP contribution in [-0.4, -0.2) is 24.7 Å². The van der Waals surface area contributed by atoms with E-state index >= 15 is 0 Å². The molecule has 2 rings (SSSR count). The van der Waals surface area contributed by atoms with Crippen molar-refractivity contribution in [3.05, 3.63) is 29.3 Å². The van der Waals surface area contributed by atoms with Crippen molar-refractivity contribution in [2.75, 3.05) is 6.61 Å². The molecule has 1 N–H and O–H groups in total. The van der Waals surface area contributed by atoms with Crippen LogP contribution in [0.4, 0.5) is 0 Å². The molecule has 104 valence electrons. The summed E-state index contributed by atoms with van der Waals surface area (Å²) in [7, 11) is 0. The van der Waals surface area contributed by atoms with Gasteiger partial charge in [0.1, 0.15) is 5.75 Å². The van der Waals surface area contributed by atoms with E-state index in [4.69, 9.17) is 9.47 Å². The third-order valence-corrected chi connectivity index (χ3v) is 3.14. The lowest BCUT2D eigenvalue weighted by molar-refractivity contribution is -0.143. The van der Waals surface area contributed by atoms with Gasteiger partial charge in [-0.3, -0.25) is 0 Å². The topological polar surface area (TPSA) is 47.6 Å². The van der Waals surface area contributed by atoms with E-state index in [1.54, 1.807) is 0 Å². The Bertz CT molecular complexity index is 457. The number of hydrogen-bond acceptors (Lipinski definition) is 4. The third-order valence-electron chi connectivity index (χ3n) is 3.14. The Hall–Kier alpha value is -1.55. The summed E-state index contributed by atoms with van der Waals surface area (Å²) in [6.45, 7) is 7.38. The van der Waals surface area contributed by atoms with Gasteiger partial charge in [-0.15, -0.1) is 0 Å². The highest BCUT2D eigenvalue weighted by molar-refractivity contribution is 5.77. The molecule has 1 saturated heterocycles. The van der Waals surface area contributed by atoms with E-state index in [1.165, 1.54) is 0 Å². The van der Waals surface area contributed by atoms with Crippen LogP contribution in [0, 0.1) is 6.92 Å². The highest BCUT2D eigenvalue weighted by atomic mass is 16.6. The summed E-state index contributed by atoms with van der Waals surface area (Å²) in [5.74, 6) is 0.547. The molecule has 4 heteroatoms. The van der Waals surface area contributed by atoms with E-state index in [9.17, 15) is 4.79 Å². The second-order valence-corrected chi connectivity index (χ2v) is 5.16. The Morgan fingerprint density at radius 1 is 1.47 bits per heavy atom. The Morgan fingerprint density at radius 3 is 2.89 bits per heavy atom. The Labute approximate surface area is 114 Å². The normalized spacial score (nSPS) is 18.7. The molecule has 0 amide bonds.